The highest BCUT2D eigenvalue weighted by Gasteiger charge is 2.72. The summed E-state index contributed by atoms with van der Waals surface area (Å²) < 4.78 is 12.0. The molecule has 1 aromatic carbocycles. The number of carbonyl (C=O) groups is 3. The molecule has 5 rings (SSSR count). The minimum Gasteiger partial charge on any atom is -0.465 e. The lowest BCUT2D eigenvalue weighted by Crippen LogP contribution is -2.56. The lowest BCUT2D eigenvalue weighted by atomic mass is 9.77. The first-order chi connectivity index (χ1) is 17.0. The third-order valence-electron chi connectivity index (χ3n) is 7.62. The van der Waals surface area contributed by atoms with E-state index < -0.39 is 41.6 Å². The normalized spacial score (nSPS) is 32.9. The number of cyclic esters (lactones) is 1. The molecule has 4 aliphatic heterocycles. The van der Waals surface area contributed by atoms with E-state index in [0.717, 1.165) is 18.4 Å². The summed E-state index contributed by atoms with van der Waals surface area (Å²) in [4.78, 5) is 44.6. The summed E-state index contributed by atoms with van der Waals surface area (Å²) in [6.45, 7) is 2.90. The van der Waals surface area contributed by atoms with E-state index in [1.54, 1.807) is 4.90 Å². The number of benzene rings is 1. The van der Waals surface area contributed by atoms with E-state index in [4.69, 9.17) is 9.47 Å². The molecule has 2 fully saturated rings. The lowest BCUT2D eigenvalue weighted by Gasteiger charge is -2.38. The van der Waals surface area contributed by atoms with Crippen molar-refractivity contribution >= 4 is 17.8 Å². The quantitative estimate of drug-likeness (QED) is 0.494. The van der Waals surface area contributed by atoms with E-state index in [2.05, 4.69) is 6.92 Å². The lowest BCUT2D eigenvalue weighted by molar-refractivity contribution is -0.156. The van der Waals surface area contributed by atoms with Crippen LogP contribution >= 0.6 is 0 Å². The van der Waals surface area contributed by atoms with E-state index in [-0.39, 0.29) is 25.0 Å². The summed E-state index contributed by atoms with van der Waals surface area (Å²) in [5.74, 6) is -2.85. The van der Waals surface area contributed by atoms with Crippen molar-refractivity contribution < 1.29 is 29.0 Å². The van der Waals surface area contributed by atoms with Gasteiger partial charge in [0, 0.05) is 13.1 Å². The van der Waals surface area contributed by atoms with Crippen molar-refractivity contribution in [3.63, 3.8) is 0 Å². The fourth-order valence-electron chi connectivity index (χ4n) is 6.01. The predicted octanol–water partition coefficient (Wildman–Crippen LogP) is 2.00. The average Bonchev–Trinajstić information content (AvgIpc) is 3.24. The highest BCUT2D eigenvalue weighted by molar-refractivity contribution is 5.99. The first kappa shape index (κ1) is 23.8. The molecule has 0 aromatic heterocycles. The monoisotopic (exact) mass is 480 g/mol. The van der Waals surface area contributed by atoms with Crippen molar-refractivity contribution in [1.29, 1.82) is 0 Å². The molecule has 0 aliphatic carbocycles. The Morgan fingerprint density at radius 3 is 2.69 bits per heavy atom. The predicted molar refractivity (Wildman–Crippen MR) is 127 cm³/mol. The number of hydrogen-bond donors (Lipinski definition) is 1. The number of fused-ring (bicyclic) bond motifs is 2. The number of aliphatic hydroxyl groups excluding tert-OH is 1. The molecule has 0 radical (unpaired) electrons. The molecular weight excluding hydrogens is 448 g/mol. The van der Waals surface area contributed by atoms with E-state index in [1.165, 1.54) is 4.90 Å². The zero-order valence-corrected chi connectivity index (χ0v) is 19.9. The Morgan fingerprint density at radius 2 is 1.94 bits per heavy atom. The molecular formula is C27H32N2O6. The van der Waals surface area contributed by atoms with E-state index in [0.29, 0.717) is 19.5 Å². The Kier molecular flexibility index (Phi) is 6.51. The van der Waals surface area contributed by atoms with Gasteiger partial charge in [0.25, 0.3) is 0 Å². The zero-order valence-electron chi connectivity index (χ0n) is 19.9. The van der Waals surface area contributed by atoms with Crippen LogP contribution in [0.2, 0.25) is 0 Å². The summed E-state index contributed by atoms with van der Waals surface area (Å²) in [5, 5.41) is 10.5. The van der Waals surface area contributed by atoms with Crippen molar-refractivity contribution in [2.45, 2.75) is 50.0 Å². The summed E-state index contributed by atoms with van der Waals surface area (Å²) in [6.07, 6.45) is 9.08. The second kappa shape index (κ2) is 9.59. The van der Waals surface area contributed by atoms with Gasteiger partial charge in [0.1, 0.15) is 17.6 Å². The number of carbonyl (C=O) groups excluding carboxylic acids is 3. The van der Waals surface area contributed by atoms with Crippen LogP contribution in [-0.2, 0) is 23.9 Å². The van der Waals surface area contributed by atoms with Crippen LogP contribution in [0.5, 0.6) is 0 Å². The standard InChI is InChI=1S/C27H32N2O6/c1-2-3-14-28-15-9-13-27-22(21-20(35-27)12-7-8-16-34-26(21)33)24(31)29(23(27)25(28)32)19(17-30)18-10-5-4-6-11-18/h4-7,9-13,19-23,30H,2-3,8,14-17H2,1H3/t19-,20-,21+,22+,23?,27+/m1/s1. The van der Waals surface area contributed by atoms with E-state index >= 15 is 0 Å². The Labute approximate surface area is 205 Å². The molecule has 8 nitrogen and oxygen atoms in total. The fraction of sp³-hybridized carbons (Fsp3) is 0.519. The van der Waals surface area contributed by atoms with Gasteiger partial charge < -0.3 is 24.4 Å². The molecule has 35 heavy (non-hydrogen) atoms. The van der Waals surface area contributed by atoms with Gasteiger partial charge in [-0.2, -0.15) is 0 Å². The van der Waals surface area contributed by atoms with E-state index in [1.807, 2.05) is 54.6 Å². The second-order valence-electron chi connectivity index (χ2n) is 9.62. The molecule has 1 unspecified atom stereocenters. The number of nitrogens with zero attached hydrogens (tertiary/aromatic N) is 2. The zero-order chi connectivity index (χ0) is 24.6. The maximum absolute atomic E-state index is 14.2. The van der Waals surface area contributed by atoms with Crippen LogP contribution in [0.4, 0.5) is 0 Å². The number of rotatable bonds is 6. The largest absolute Gasteiger partial charge is 0.465 e. The number of aliphatic hydroxyl groups is 1. The average molecular weight is 481 g/mol. The van der Waals surface area contributed by atoms with Crippen LogP contribution in [0, 0.1) is 11.8 Å². The molecule has 4 heterocycles. The van der Waals surface area contributed by atoms with Crippen LogP contribution < -0.4 is 0 Å². The minimum atomic E-state index is -1.32. The number of hydrogen-bond acceptors (Lipinski definition) is 6. The number of esters is 1. The van der Waals surface area contributed by atoms with Gasteiger partial charge in [-0.05, 0) is 18.4 Å². The van der Waals surface area contributed by atoms with Gasteiger partial charge in [-0.15, -0.1) is 0 Å². The van der Waals surface area contributed by atoms with Gasteiger partial charge in [-0.3, -0.25) is 14.4 Å². The van der Waals surface area contributed by atoms with Crippen molar-refractivity contribution in [2.75, 3.05) is 26.3 Å². The second-order valence-corrected chi connectivity index (χ2v) is 9.62. The van der Waals surface area contributed by atoms with Gasteiger partial charge in [0.05, 0.1) is 31.3 Å². The maximum atomic E-state index is 14.2. The molecule has 2 saturated heterocycles. The summed E-state index contributed by atoms with van der Waals surface area (Å²) in [7, 11) is 0. The summed E-state index contributed by atoms with van der Waals surface area (Å²) >= 11 is 0. The van der Waals surface area contributed by atoms with Gasteiger partial charge in [0.15, 0.2) is 0 Å². The third kappa shape index (κ3) is 3.79. The van der Waals surface area contributed by atoms with Gasteiger partial charge in [-0.1, -0.05) is 68.0 Å². The fourth-order valence-corrected chi connectivity index (χ4v) is 6.01. The van der Waals surface area contributed by atoms with Crippen LogP contribution in [0.25, 0.3) is 0 Å². The Hall–Kier alpha value is -2.97. The number of ether oxygens (including phenoxy) is 2. The third-order valence-corrected chi connectivity index (χ3v) is 7.62. The smallest absolute Gasteiger partial charge is 0.312 e. The van der Waals surface area contributed by atoms with Crippen molar-refractivity contribution in [1.82, 2.24) is 9.80 Å². The van der Waals surface area contributed by atoms with Crippen molar-refractivity contribution in [2.24, 2.45) is 11.8 Å². The van der Waals surface area contributed by atoms with E-state index in [9.17, 15) is 19.5 Å². The SMILES string of the molecule is CCCCN1CC=C[C@]23O[C@@H]4C=CCCOC(=O)[C@@H]4[C@H]2C(=O)N([C@H](CO)c2ccccc2)C3C1=O. The Balaban J connectivity index is 1.64. The molecule has 8 heteroatoms. The molecule has 0 bridgehead atoms. The van der Waals surface area contributed by atoms with Gasteiger partial charge in [0.2, 0.25) is 11.8 Å². The van der Waals surface area contributed by atoms with Crippen molar-refractivity contribution in [3.05, 3.63) is 60.2 Å². The Morgan fingerprint density at radius 1 is 1.14 bits per heavy atom. The first-order valence-corrected chi connectivity index (χ1v) is 12.5. The van der Waals surface area contributed by atoms with Crippen LogP contribution in [0.1, 0.15) is 37.8 Å². The molecule has 1 N–H and O–H groups in total. The summed E-state index contributed by atoms with van der Waals surface area (Å²) in [6, 6.07) is 7.44. The topological polar surface area (TPSA) is 96.4 Å². The molecule has 4 aliphatic rings. The molecule has 6 atom stereocenters. The van der Waals surface area contributed by atoms with Gasteiger partial charge >= 0.3 is 5.97 Å². The van der Waals surface area contributed by atoms with Gasteiger partial charge in [-0.25, -0.2) is 0 Å². The number of unbranched alkanes of at least 4 members (excludes halogenated alkanes) is 1. The maximum Gasteiger partial charge on any atom is 0.312 e. The minimum absolute atomic E-state index is 0.222. The molecule has 2 amide bonds. The highest BCUT2D eigenvalue weighted by Crippen LogP contribution is 2.54. The first-order valence-electron chi connectivity index (χ1n) is 12.5. The molecule has 1 aromatic rings. The van der Waals surface area contributed by atoms with Crippen LogP contribution in [0.3, 0.4) is 0 Å². The molecule has 0 saturated carbocycles. The highest BCUT2D eigenvalue weighted by atomic mass is 16.6. The summed E-state index contributed by atoms with van der Waals surface area (Å²) in [5.41, 5.74) is -0.600. The van der Waals surface area contributed by atoms with Crippen LogP contribution in [-0.4, -0.2) is 76.7 Å². The van der Waals surface area contributed by atoms with Crippen molar-refractivity contribution in [3.8, 4) is 0 Å². The Bertz CT molecular complexity index is 1040. The van der Waals surface area contributed by atoms with Crippen LogP contribution in [0.15, 0.2) is 54.6 Å². The molecule has 1 spiro atoms. The molecule has 186 valence electrons. The number of likely N-dealkylation sites (tertiary alicyclic amines) is 1. The number of amides is 2.